The number of aromatic nitrogens is 1. The lowest BCUT2D eigenvalue weighted by atomic mass is 10.2. The van der Waals surface area contributed by atoms with E-state index >= 15 is 0 Å². The van der Waals surface area contributed by atoms with Crippen molar-refractivity contribution in [2.45, 2.75) is 6.92 Å². The first-order valence-corrected chi connectivity index (χ1v) is 7.67. The number of halogens is 1. The first-order valence-electron chi connectivity index (χ1n) is 6.06. The largest absolute Gasteiger partial charge is 0.306 e. The minimum Gasteiger partial charge on any atom is -0.306 e. The third-order valence-corrected chi connectivity index (χ3v) is 4.87. The maximum atomic E-state index is 12.2. The number of nitrogens with zero attached hydrogens (tertiary/aromatic N) is 1. The van der Waals surface area contributed by atoms with Gasteiger partial charge in [-0.25, -0.2) is 4.98 Å². The van der Waals surface area contributed by atoms with E-state index in [-0.39, 0.29) is 5.91 Å². The summed E-state index contributed by atoms with van der Waals surface area (Å²) < 4.78 is 2.04. The van der Waals surface area contributed by atoms with Gasteiger partial charge in [-0.2, -0.15) is 0 Å². The second kappa shape index (κ2) is 5.34. The topological polar surface area (TPSA) is 42.0 Å². The molecule has 0 unspecified atom stereocenters. The van der Waals surface area contributed by atoms with Gasteiger partial charge < -0.3 is 5.32 Å². The summed E-state index contributed by atoms with van der Waals surface area (Å²) in [5.41, 5.74) is 0.846. The highest BCUT2D eigenvalue weighted by molar-refractivity contribution is 9.10. The number of hydrogen-bond acceptors (Lipinski definition) is 3. The zero-order chi connectivity index (χ0) is 14.1. The third-order valence-electron chi connectivity index (χ3n) is 2.91. The molecule has 3 nitrogen and oxygen atoms in total. The normalized spacial score (nSPS) is 10.7. The molecule has 2 aromatic heterocycles. The van der Waals surface area contributed by atoms with Gasteiger partial charge in [-0.3, -0.25) is 4.79 Å². The van der Waals surface area contributed by atoms with Gasteiger partial charge in [0.05, 0.1) is 10.6 Å². The minimum absolute atomic E-state index is 0.125. The van der Waals surface area contributed by atoms with Gasteiger partial charge in [0.1, 0.15) is 5.82 Å². The molecule has 0 aliphatic rings. The van der Waals surface area contributed by atoms with E-state index in [9.17, 15) is 4.79 Å². The number of hydrogen-bond donors (Lipinski definition) is 1. The first-order chi connectivity index (χ1) is 9.63. The van der Waals surface area contributed by atoms with E-state index in [1.807, 2.05) is 43.3 Å². The van der Waals surface area contributed by atoms with E-state index in [4.69, 9.17) is 0 Å². The Balaban J connectivity index is 1.86. The predicted molar refractivity (Wildman–Crippen MR) is 86.5 cm³/mol. The highest BCUT2D eigenvalue weighted by atomic mass is 79.9. The van der Waals surface area contributed by atoms with Crippen LogP contribution in [-0.4, -0.2) is 10.9 Å². The van der Waals surface area contributed by atoms with Gasteiger partial charge >= 0.3 is 0 Å². The summed E-state index contributed by atoms with van der Waals surface area (Å²) in [6, 6.07) is 13.5. The molecule has 0 aliphatic heterocycles. The van der Waals surface area contributed by atoms with Crippen molar-refractivity contribution in [3.8, 4) is 0 Å². The van der Waals surface area contributed by atoms with Crippen LogP contribution in [-0.2, 0) is 0 Å². The summed E-state index contributed by atoms with van der Waals surface area (Å²) in [6.07, 6.45) is 0. The monoisotopic (exact) mass is 346 g/mol. The molecule has 0 atom stereocenters. The van der Waals surface area contributed by atoms with Gasteiger partial charge in [0.25, 0.3) is 5.91 Å². The Morgan fingerprint density at radius 1 is 1.25 bits per heavy atom. The van der Waals surface area contributed by atoms with Crippen LogP contribution in [0.15, 0.2) is 46.9 Å². The van der Waals surface area contributed by atoms with Gasteiger partial charge in [0.2, 0.25) is 0 Å². The molecule has 0 radical (unpaired) electrons. The molecule has 1 N–H and O–H groups in total. The number of benzene rings is 1. The number of aryl methyl sites for hydroxylation is 1. The first kappa shape index (κ1) is 13.3. The quantitative estimate of drug-likeness (QED) is 0.735. The molecule has 100 valence electrons. The molecule has 0 fully saturated rings. The van der Waals surface area contributed by atoms with Crippen LogP contribution < -0.4 is 5.32 Å². The molecule has 0 bridgehead atoms. The van der Waals surface area contributed by atoms with Crippen LogP contribution in [0, 0.1) is 6.92 Å². The summed E-state index contributed by atoms with van der Waals surface area (Å²) in [4.78, 5) is 17.2. The average molecular weight is 347 g/mol. The third kappa shape index (κ3) is 2.59. The summed E-state index contributed by atoms with van der Waals surface area (Å²) in [5.74, 6) is 0.438. The lowest BCUT2D eigenvalue weighted by molar-refractivity contribution is 0.103. The Morgan fingerprint density at radius 2 is 2.05 bits per heavy atom. The molecule has 0 saturated heterocycles. The Hall–Kier alpha value is -1.72. The highest BCUT2D eigenvalue weighted by Gasteiger charge is 2.11. The van der Waals surface area contributed by atoms with Crippen molar-refractivity contribution in [1.82, 2.24) is 4.98 Å². The second-order valence-electron chi connectivity index (χ2n) is 4.37. The van der Waals surface area contributed by atoms with Crippen LogP contribution in [0.3, 0.4) is 0 Å². The number of thiophene rings is 1. The number of pyridine rings is 1. The average Bonchev–Trinajstić information content (AvgIpc) is 2.87. The summed E-state index contributed by atoms with van der Waals surface area (Å²) in [6.45, 7) is 1.89. The van der Waals surface area contributed by atoms with E-state index in [0.29, 0.717) is 10.7 Å². The van der Waals surface area contributed by atoms with Crippen LogP contribution in [0.25, 0.3) is 10.1 Å². The zero-order valence-corrected chi connectivity index (χ0v) is 13.1. The van der Waals surface area contributed by atoms with Crippen molar-refractivity contribution in [2.24, 2.45) is 0 Å². The molecule has 1 aromatic carbocycles. The fourth-order valence-corrected chi connectivity index (χ4v) is 3.06. The Labute approximate surface area is 128 Å². The van der Waals surface area contributed by atoms with E-state index in [1.54, 1.807) is 6.07 Å². The molecular formula is C15H11BrN2OS. The van der Waals surface area contributed by atoms with Crippen LogP contribution in [0.4, 0.5) is 5.82 Å². The van der Waals surface area contributed by atoms with Crippen molar-refractivity contribution < 1.29 is 4.79 Å². The van der Waals surface area contributed by atoms with Gasteiger partial charge in [-0.05, 0) is 52.5 Å². The number of carbonyl (C=O) groups is 1. The molecular weight excluding hydrogens is 336 g/mol. The van der Waals surface area contributed by atoms with Gasteiger partial charge in [0.15, 0.2) is 0 Å². The van der Waals surface area contributed by atoms with Crippen LogP contribution in [0.1, 0.15) is 15.4 Å². The molecule has 0 spiro atoms. The van der Waals surface area contributed by atoms with Gasteiger partial charge in [0, 0.05) is 9.17 Å². The van der Waals surface area contributed by atoms with Gasteiger partial charge in [-0.1, -0.05) is 18.2 Å². The molecule has 5 heteroatoms. The SMILES string of the molecule is Cc1nc(NC(=O)c2cc3ccccc3s2)ccc1Br. The maximum Gasteiger partial charge on any atom is 0.266 e. The summed E-state index contributed by atoms with van der Waals surface area (Å²) >= 11 is 4.87. The smallest absolute Gasteiger partial charge is 0.266 e. The second-order valence-corrected chi connectivity index (χ2v) is 6.30. The maximum absolute atomic E-state index is 12.2. The Bertz CT molecular complexity index is 764. The van der Waals surface area contributed by atoms with Crippen LogP contribution in [0.5, 0.6) is 0 Å². The van der Waals surface area contributed by atoms with E-state index in [0.717, 1.165) is 20.3 Å². The fraction of sp³-hybridized carbons (Fsp3) is 0.0667. The molecule has 1 amide bonds. The number of fused-ring (bicyclic) bond motifs is 1. The van der Waals surface area contributed by atoms with Crippen molar-refractivity contribution in [3.05, 3.63) is 57.5 Å². The van der Waals surface area contributed by atoms with Crippen LogP contribution >= 0.6 is 27.3 Å². The fourth-order valence-electron chi connectivity index (χ4n) is 1.89. The molecule has 3 rings (SSSR count). The predicted octanol–water partition coefficient (Wildman–Crippen LogP) is 4.62. The van der Waals surface area contributed by atoms with E-state index < -0.39 is 0 Å². The molecule has 3 aromatic rings. The van der Waals surface area contributed by atoms with Crippen molar-refractivity contribution in [1.29, 1.82) is 0 Å². The number of rotatable bonds is 2. The van der Waals surface area contributed by atoms with Crippen molar-refractivity contribution >= 4 is 49.1 Å². The molecule has 0 saturated carbocycles. The van der Waals surface area contributed by atoms with Crippen molar-refractivity contribution in [2.75, 3.05) is 5.32 Å². The lowest BCUT2D eigenvalue weighted by Gasteiger charge is -2.04. The van der Waals surface area contributed by atoms with Gasteiger partial charge in [-0.15, -0.1) is 11.3 Å². The molecule has 2 heterocycles. The Morgan fingerprint density at radius 3 is 2.80 bits per heavy atom. The molecule has 20 heavy (non-hydrogen) atoms. The number of carbonyl (C=O) groups excluding carboxylic acids is 1. The summed E-state index contributed by atoms with van der Waals surface area (Å²) in [7, 11) is 0. The number of amides is 1. The standard InChI is InChI=1S/C15H11BrN2OS/c1-9-11(16)6-7-14(17-9)18-15(19)13-8-10-4-2-3-5-12(10)20-13/h2-8H,1H3,(H,17,18,19). The van der Waals surface area contributed by atoms with Crippen molar-refractivity contribution in [3.63, 3.8) is 0 Å². The zero-order valence-electron chi connectivity index (χ0n) is 10.7. The van der Waals surface area contributed by atoms with E-state index in [2.05, 4.69) is 26.2 Å². The van der Waals surface area contributed by atoms with E-state index in [1.165, 1.54) is 11.3 Å². The molecule has 0 aliphatic carbocycles. The number of anilines is 1. The summed E-state index contributed by atoms with van der Waals surface area (Å²) in [5, 5.41) is 3.91. The lowest BCUT2D eigenvalue weighted by Crippen LogP contribution is -2.11. The highest BCUT2D eigenvalue weighted by Crippen LogP contribution is 2.26. The number of nitrogens with one attached hydrogen (secondary N) is 1. The van der Waals surface area contributed by atoms with Crippen LogP contribution in [0.2, 0.25) is 0 Å². The minimum atomic E-state index is -0.125. The Kier molecular flexibility index (Phi) is 3.54.